The molecule has 3 aromatic carbocycles. The molecule has 19 heteroatoms. The lowest BCUT2D eigenvalue weighted by molar-refractivity contribution is -0.167. The fourth-order valence-electron chi connectivity index (χ4n) is 4.21. The molecule has 0 saturated heterocycles. The van der Waals surface area contributed by atoms with Crippen molar-refractivity contribution in [3.8, 4) is 0 Å². The highest BCUT2D eigenvalue weighted by Crippen LogP contribution is 2.65. The van der Waals surface area contributed by atoms with Gasteiger partial charge in [0.15, 0.2) is 5.82 Å². The number of nitrogens with one attached hydrogen (secondary N) is 3. The maximum absolute atomic E-state index is 14.7. The van der Waals surface area contributed by atoms with Gasteiger partial charge in [-0.1, -0.05) is 17.7 Å². The third-order valence-electron chi connectivity index (χ3n) is 6.37. The van der Waals surface area contributed by atoms with Crippen LogP contribution in [0.1, 0.15) is 27.4 Å². The minimum Gasteiger partial charge on any atom is -0.326 e. The molecule has 3 amide bonds. The van der Waals surface area contributed by atoms with E-state index < -0.39 is 103 Å². The lowest BCUT2D eigenvalue weighted by atomic mass is 10.0. The first-order valence-corrected chi connectivity index (χ1v) is 13.0. The van der Waals surface area contributed by atoms with Gasteiger partial charge in [-0.15, -0.1) is 23.2 Å². The molecule has 0 radical (unpaired) electrons. The summed E-state index contributed by atoms with van der Waals surface area (Å²) in [5, 5.41) is 3.98. The van der Waals surface area contributed by atoms with Crippen molar-refractivity contribution in [2.24, 2.45) is 5.92 Å². The lowest BCUT2D eigenvalue weighted by Crippen LogP contribution is -2.30. The van der Waals surface area contributed by atoms with Crippen LogP contribution in [-0.2, 0) is 15.8 Å². The summed E-state index contributed by atoms with van der Waals surface area (Å²) >= 11 is 18.0. The van der Waals surface area contributed by atoms with Gasteiger partial charge >= 0.3 is 18.3 Å². The first-order valence-electron chi connectivity index (χ1n) is 11.9. The Labute approximate surface area is 259 Å². The van der Waals surface area contributed by atoms with Crippen molar-refractivity contribution in [1.82, 2.24) is 0 Å². The highest BCUT2D eigenvalue weighted by molar-refractivity contribution is 6.53. The van der Waals surface area contributed by atoms with Crippen LogP contribution in [0.5, 0.6) is 0 Å². The van der Waals surface area contributed by atoms with Gasteiger partial charge in [-0.3, -0.25) is 14.4 Å². The second-order valence-electron chi connectivity index (χ2n) is 9.37. The summed E-state index contributed by atoms with van der Waals surface area (Å²) in [4.78, 5) is 36.9. The minimum atomic E-state index is -5.45. The molecule has 1 aliphatic rings. The van der Waals surface area contributed by atoms with E-state index in [-0.39, 0.29) is 5.56 Å². The van der Waals surface area contributed by atoms with E-state index >= 15 is 0 Å². The van der Waals surface area contributed by atoms with Gasteiger partial charge in [-0.2, -0.15) is 26.3 Å². The van der Waals surface area contributed by atoms with E-state index in [1.165, 1.54) is 0 Å². The van der Waals surface area contributed by atoms with Crippen molar-refractivity contribution in [2.75, 3.05) is 16.0 Å². The van der Waals surface area contributed by atoms with Crippen LogP contribution in [0, 0.1) is 29.2 Å². The Bertz CT molecular complexity index is 1730. The SMILES string of the molecule is O=C(Nc1c(F)ccc(NC(=O)C(F)(F)F)c1F)c1cc(NC(=O)[C@H]2[C@H](c3ccc(F)c(C(F)(F)F)c3)C2(Cl)Cl)cc(F)c1Cl. The monoisotopic (exact) mass is 709 g/mol. The number of hydrogen-bond acceptors (Lipinski definition) is 3. The largest absolute Gasteiger partial charge is 0.471 e. The van der Waals surface area contributed by atoms with Crippen molar-refractivity contribution in [3.63, 3.8) is 0 Å². The summed E-state index contributed by atoms with van der Waals surface area (Å²) in [7, 11) is 0. The van der Waals surface area contributed by atoms with Crippen LogP contribution in [0.3, 0.4) is 0 Å². The normalized spacial score (nSPS) is 17.4. The average Bonchev–Trinajstić information content (AvgIpc) is 3.50. The predicted octanol–water partition coefficient (Wildman–Crippen LogP) is 8.19. The number of carbonyl (C=O) groups excluding carboxylic acids is 3. The van der Waals surface area contributed by atoms with Crippen molar-refractivity contribution >= 4 is 69.6 Å². The van der Waals surface area contributed by atoms with E-state index in [9.17, 15) is 58.3 Å². The van der Waals surface area contributed by atoms with E-state index in [0.717, 1.165) is 11.4 Å². The van der Waals surface area contributed by atoms with Crippen molar-refractivity contribution in [2.45, 2.75) is 22.6 Å². The molecule has 0 aliphatic heterocycles. The van der Waals surface area contributed by atoms with Crippen LogP contribution < -0.4 is 16.0 Å². The molecule has 45 heavy (non-hydrogen) atoms. The second-order valence-corrected chi connectivity index (χ2v) is 11.2. The Morgan fingerprint density at radius 3 is 2.00 bits per heavy atom. The van der Waals surface area contributed by atoms with Gasteiger partial charge in [0.1, 0.15) is 27.5 Å². The highest BCUT2D eigenvalue weighted by atomic mass is 35.5. The predicted molar refractivity (Wildman–Crippen MR) is 141 cm³/mol. The number of carbonyl (C=O) groups is 3. The second kappa shape index (κ2) is 11.9. The molecule has 0 heterocycles. The number of anilines is 3. The summed E-state index contributed by atoms with van der Waals surface area (Å²) < 4.78 is 132. The van der Waals surface area contributed by atoms with E-state index in [1.54, 1.807) is 5.32 Å². The van der Waals surface area contributed by atoms with Gasteiger partial charge in [-0.25, -0.2) is 17.6 Å². The maximum atomic E-state index is 14.7. The Balaban J connectivity index is 1.57. The van der Waals surface area contributed by atoms with Gasteiger partial charge in [0.05, 0.1) is 27.8 Å². The molecule has 0 unspecified atom stereocenters. The number of amides is 3. The standard InChI is InChI=1S/C26H12Cl3F10N3O3/c27-18-10(21(43)42-20-13(31)3-4-15(19(20)33)41-23(45)26(37,38)39)6-9(7-14(18)32)40-22(44)17-16(24(17,28)29)8-1-2-12(30)11(5-8)25(34,35)36/h1-7,16-17H,(H,40,44)(H,41,45)(H,42,43)/t16-,17+/m0/s1. The molecular formula is C26H12Cl3F10N3O3. The third kappa shape index (κ3) is 6.92. The molecule has 2 atom stereocenters. The van der Waals surface area contributed by atoms with Gasteiger partial charge in [-0.05, 0) is 42.0 Å². The van der Waals surface area contributed by atoms with Crippen LogP contribution in [0.4, 0.5) is 61.0 Å². The molecule has 1 fully saturated rings. The summed E-state index contributed by atoms with van der Waals surface area (Å²) in [6.07, 6.45) is -10.5. The first kappa shape index (κ1) is 34.1. The number of hydrogen-bond donors (Lipinski definition) is 3. The molecule has 0 spiro atoms. The fraction of sp³-hybridized carbons (Fsp3) is 0.192. The fourth-order valence-corrected chi connectivity index (χ4v) is 5.23. The smallest absolute Gasteiger partial charge is 0.326 e. The third-order valence-corrected chi connectivity index (χ3v) is 7.69. The number of benzene rings is 3. The molecule has 0 bridgehead atoms. The Morgan fingerprint density at radius 1 is 0.778 bits per heavy atom. The highest BCUT2D eigenvalue weighted by Gasteiger charge is 2.67. The molecule has 240 valence electrons. The number of rotatable bonds is 6. The molecule has 1 saturated carbocycles. The van der Waals surface area contributed by atoms with E-state index in [4.69, 9.17) is 34.8 Å². The summed E-state index contributed by atoms with van der Waals surface area (Å²) in [5.41, 5.74) is -5.83. The van der Waals surface area contributed by atoms with Gasteiger partial charge in [0, 0.05) is 11.6 Å². The molecule has 4 rings (SSSR count). The molecular weight excluding hydrogens is 699 g/mol. The average molecular weight is 711 g/mol. The summed E-state index contributed by atoms with van der Waals surface area (Å²) in [5.74, 6) is -14.3. The van der Waals surface area contributed by atoms with Crippen LogP contribution in [0.25, 0.3) is 0 Å². The van der Waals surface area contributed by atoms with Gasteiger partial charge < -0.3 is 16.0 Å². The zero-order chi connectivity index (χ0) is 33.8. The zero-order valence-electron chi connectivity index (χ0n) is 21.3. The Kier molecular flexibility index (Phi) is 9.00. The molecule has 3 aromatic rings. The van der Waals surface area contributed by atoms with E-state index in [0.29, 0.717) is 36.4 Å². The minimum absolute atomic E-state index is 0.256. The van der Waals surface area contributed by atoms with Crippen LogP contribution in [0.2, 0.25) is 5.02 Å². The van der Waals surface area contributed by atoms with Crippen molar-refractivity contribution in [1.29, 1.82) is 0 Å². The molecule has 6 nitrogen and oxygen atoms in total. The van der Waals surface area contributed by atoms with Gasteiger partial charge in [0.25, 0.3) is 5.91 Å². The van der Waals surface area contributed by atoms with Crippen molar-refractivity contribution < 1.29 is 58.3 Å². The quantitative estimate of drug-likeness (QED) is 0.178. The molecule has 0 aromatic heterocycles. The van der Waals surface area contributed by atoms with Crippen LogP contribution in [0.15, 0.2) is 42.5 Å². The Morgan fingerprint density at radius 2 is 1.40 bits per heavy atom. The van der Waals surface area contributed by atoms with Crippen LogP contribution >= 0.6 is 34.8 Å². The number of alkyl halides is 8. The lowest BCUT2D eigenvalue weighted by Gasteiger charge is -2.14. The molecule has 3 N–H and O–H groups in total. The topological polar surface area (TPSA) is 87.3 Å². The maximum Gasteiger partial charge on any atom is 0.471 e. The zero-order valence-corrected chi connectivity index (χ0v) is 23.6. The first-order chi connectivity index (χ1) is 20.6. The van der Waals surface area contributed by atoms with Gasteiger partial charge in [0.2, 0.25) is 5.91 Å². The van der Waals surface area contributed by atoms with Crippen LogP contribution in [-0.4, -0.2) is 28.2 Å². The van der Waals surface area contributed by atoms with E-state index in [2.05, 4.69) is 5.32 Å². The Hall–Kier alpha value is -3.76. The number of halogens is 13. The van der Waals surface area contributed by atoms with E-state index in [1.807, 2.05) is 0 Å². The summed E-state index contributed by atoms with van der Waals surface area (Å²) in [6, 6.07) is 3.98. The summed E-state index contributed by atoms with van der Waals surface area (Å²) in [6.45, 7) is 0. The van der Waals surface area contributed by atoms with Crippen molar-refractivity contribution in [3.05, 3.63) is 87.4 Å². The molecule has 1 aliphatic carbocycles.